The Morgan fingerprint density at radius 1 is 1.19 bits per heavy atom. The number of ether oxygens (including phenoxy) is 3. The highest BCUT2D eigenvalue weighted by atomic mass is 19.3. The average Bonchev–Trinajstić information content (AvgIpc) is 2.78. The highest BCUT2D eigenvalue weighted by molar-refractivity contribution is 6.02. The molecule has 31 heavy (non-hydrogen) atoms. The molecule has 166 valence electrons. The number of amides is 1. The van der Waals surface area contributed by atoms with E-state index in [1.165, 1.54) is 30.9 Å². The molecule has 3 rings (SSSR count). The molecule has 1 aliphatic heterocycles. The van der Waals surface area contributed by atoms with Gasteiger partial charge in [-0.2, -0.15) is 8.78 Å². The molecule has 2 aromatic rings. The lowest BCUT2D eigenvalue weighted by Crippen LogP contribution is -2.37. The number of alkyl halides is 2. The van der Waals surface area contributed by atoms with Crippen molar-refractivity contribution in [1.82, 2.24) is 4.90 Å². The number of anilines is 1. The number of carbonyl (C=O) groups excluding carboxylic acids is 1. The second kappa shape index (κ2) is 11.4. The van der Waals surface area contributed by atoms with Crippen LogP contribution >= 0.6 is 0 Å². The number of carbonyl (C=O) groups is 1. The van der Waals surface area contributed by atoms with Crippen molar-refractivity contribution in [2.24, 2.45) is 0 Å². The lowest BCUT2D eigenvalue weighted by atomic mass is 10.1. The smallest absolute Gasteiger partial charge is 0.387 e. The molecule has 1 N–H and O–H groups in total. The van der Waals surface area contributed by atoms with Crippen LogP contribution in [-0.2, 0) is 16.0 Å². The molecular formula is C23H26F2N2O4. The van der Waals surface area contributed by atoms with Gasteiger partial charge < -0.3 is 19.5 Å². The minimum absolute atomic E-state index is 0.117. The number of nitrogens with one attached hydrogen (secondary N) is 1. The fourth-order valence-electron chi connectivity index (χ4n) is 3.26. The molecule has 0 radical (unpaired) electrons. The van der Waals surface area contributed by atoms with Gasteiger partial charge in [0.15, 0.2) is 11.5 Å². The standard InChI is InChI=1S/C23H26F2N2O4/c1-29-20-4-2-3-18(22(20)31-23(24)25)7-10-21(28)26-19-8-5-17(6-9-19)11-12-27-13-15-30-16-14-27/h2-10,23H,11-16H2,1H3,(H,26,28)/b10-7+. The molecule has 0 spiro atoms. The summed E-state index contributed by atoms with van der Waals surface area (Å²) in [5, 5.41) is 2.76. The zero-order chi connectivity index (χ0) is 22.1. The number of nitrogens with zero attached hydrogens (tertiary/aromatic N) is 1. The van der Waals surface area contributed by atoms with E-state index in [2.05, 4.69) is 15.0 Å². The lowest BCUT2D eigenvalue weighted by Gasteiger charge is -2.26. The maximum absolute atomic E-state index is 12.7. The number of benzene rings is 2. The molecule has 2 aromatic carbocycles. The first-order chi connectivity index (χ1) is 15.0. The molecule has 1 aliphatic rings. The van der Waals surface area contributed by atoms with Crippen LogP contribution in [0.2, 0.25) is 0 Å². The Bertz CT molecular complexity index is 882. The van der Waals surface area contributed by atoms with Gasteiger partial charge in [0.2, 0.25) is 5.91 Å². The van der Waals surface area contributed by atoms with Gasteiger partial charge in [-0.15, -0.1) is 0 Å². The molecule has 8 heteroatoms. The summed E-state index contributed by atoms with van der Waals surface area (Å²) < 4.78 is 40.4. The molecular weight excluding hydrogens is 406 g/mol. The zero-order valence-electron chi connectivity index (χ0n) is 17.4. The molecule has 1 saturated heterocycles. The van der Waals surface area contributed by atoms with Crippen molar-refractivity contribution in [3.63, 3.8) is 0 Å². The van der Waals surface area contributed by atoms with E-state index in [1.54, 1.807) is 12.1 Å². The van der Waals surface area contributed by atoms with Gasteiger partial charge in [0.05, 0.1) is 20.3 Å². The second-order valence-corrected chi connectivity index (χ2v) is 6.98. The Balaban J connectivity index is 1.56. The fourth-order valence-corrected chi connectivity index (χ4v) is 3.26. The van der Waals surface area contributed by atoms with Crippen LogP contribution in [-0.4, -0.2) is 57.4 Å². The van der Waals surface area contributed by atoms with Crippen LogP contribution in [0.3, 0.4) is 0 Å². The van der Waals surface area contributed by atoms with E-state index in [4.69, 9.17) is 9.47 Å². The van der Waals surface area contributed by atoms with Gasteiger partial charge in [0.25, 0.3) is 0 Å². The van der Waals surface area contributed by atoms with Gasteiger partial charge in [0, 0.05) is 37.0 Å². The molecule has 0 aromatic heterocycles. The predicted molar refractivity (Wildman–Crippen MR) is 115 cm³/mol. The quantitative estimate of drug-likeness (QED) is 0.611. The number of methoxy groups -OCH3 is 1. The molecule has 0 atom stereocenters. The summed E-state index contributed by atoms with van der Waals surface area (Å²) in [5.41, 5.74) is 2.15. The fraction of sp³-hybridized carbons (Fsp3) is 0.348. The normalized spacial score (nSPS) is 14.7. The van der Waals surface area contributed by atoms with Crippen LogP contribution in [0.5, 0.6) is 11.5 Å². The second-order valence-electron chi connectivity index (χ2n) is 6.98. The third-order valence-electron chi connectivity index (χ3n) is 4.89. The summed E-state index contributed by atoms with van der Waals surface area (Å²) in [6.07, 6.45) is 3.60. The molecule has 1 fully saturated rings. The number of para-hydroxylation sites is 1. The average molecular weight is 432 g/mol. The van der Waals surface area contributed by atoms with E-state index in [0.29, 0.717) is 11.3 Å². The summed E-state index contributed by atoms with van der Waals surface area (Å²) in [5.74, 6) is -0.337. The number of hydrogen-bond acceptors (Lipinski definition) is 5. The zero-order valence-corrected chi connectivity index (χ0v) is 17.4. The van der Waals surface area contributed by atoms with Crippen molar-refractivity contribution in [2.75, 3.05) is 45.3 Å². The largest absolute Gasteiger partial charge is 0.493 e. The summed E-state index contributed by atoms with van der Waals surface area (Å²) in [7, 11) is 1.36. The van der Waals surface area contributed by atoms with Crippen molar-refractivity contribution in [2.45, 2.75) is 13.0 Å². The molecule has 1 amide bonds. The van der Waals surface area contributed by atoms with E-state index in [9.17, 15) is 13.6 Å². The van der Waals surface area contributed by atoms with Crippen LogP contribution in [0.4, 0.5) is 14.5 Å². The van der Waals surface area contributed by atoms with Crippen molar-refractivity contribution >= 4 is 17.7 Å². The number of rotatable bonds is 9. The van der Waals surface area contributed by atoms with Gasteiger partial charge >= 0.3 is 6.61 Å². The number of hydrogen-bond donors (Lipinski definition) is 1. The Labute approximate surface area is 180 Å². The summed E-state index contributed by atoms with van der Waals surface area (Å²) in [6.45, 7) is 1.45. The summed E-state index contributed by atoms with van der Waals surface area (Å²) in [6, 6.07) is 12.4. The van der Waals surface area contributed by atoms with E-state index in [-0.39, 0.29) is 17.4 Å². The van der Waals surface area contributed by atoms with Crippen molar-refractivity contribution in [3.05, 3.63) is 59.7 Å². The Morgan fingerprint density at radius 2 is 1.94 bits per heavy atom. The van der Waals surface area contributed by atoms with Crippen LogP contribution in [0.15, 0.2) is 48.5 Å². The molecule has 0 unspecified atom stereocenters. The highest BCUT2D eigenvalue weighted by Gasteiger charge is 2.14. The first-order valence-corrected chi connectivity index (χ1v) is 10.0. The Hall–Kier alpha value is -2.97. The van der Waals surface area contributed by atoms with Crippen molar-refractivity contribution < 1.29 is 27.8 Å². The van der Waals surface area contributed by atoms with E-state index >= 15 is 0 Å². The summed E-state index contributed by atoms with van der Waals surface area (Å²) >= 11 is 0. The van der Waals surface area contributed by atoms with Crippen LogP contribution in [0.1, 0.15) is 11.1 Å². The van der Waals surface area contributed by atoms with Gasteiger partial charge in [-0.05, 0) is 36.3 Å². The minimum atomic E-state index is -3.00. The van der Waals surface area contributed by atoms with E-state index < -0.39 is 6.61 Å². The summed E-state index contributed by atoms with van der Waals surface area (Å²) in [4.78, 5) is 14.6. The third-order valence-corrected chi connectivity index (χ3v) is 4.89. The predicted octanol–water partition coefficient (Wildman–Crippen LogP) is 3.82. The van der Waals surface area contributed by atoms with Crippen molar-refractivity contribution in [3.8, 4) is 11.5 Å². The monoisotopic (exact) mass is 432 g/mol. The van der Waals surface area contributed by atoms with Crippen LogP contribution in [0, 0.1) is 0 Å². The third kappa shape index (κ3) is 7.04. The maximum Gasteiger partial charge on any atom is 0.387 e. The van der Waals surface area contributed by atoms with Crippen LogP contribution < -0.4 is 14.8 Å². The lowest BCUT2D eigenvalue weighted by molar-refractivity contribution is -0.111. The first-order valence-electron chi connectivity index (χ1n) is 10.0. The molecule has 6 nitrogen and oxygen atoms in total. The van der Waals surface area contributed by atoms with E-state index in [1.807, 2.05) is 24.3 Å². The SMILES string of the molecule is COc1cccc(/C=C/C(=O)Nc2ccc(CCN3CCOCC3)cc2)c1OC(F)F. The molecule has 0 saturated carbocycles. The van der Waals surface area contributed by atoms with Gasteiger partial charge in [0.1, 0.15) is 0 Å². The number of morpholine rings is 1. The van der Waals surface area contributed by atoms with Gasteiger partial charge in [-0.1, -0.05) is 24.3 Å². The Morgan fingerprint density at radius 3 is 2.61 bits per heavy atom. The molecule has 0 bridgehead atoms. The first kappa shape index (κ1) is 22.7. The molecule has 1 heterocycles. The van der Waals surface area contributed by atoms with Gasteiger partial charge in [-0.3, -0.25) is 9.69 Å². The van der Waals surface area contributed by atoms with Crippen molar-refractivity contribution in [1.29, 1.82) is 0 Å². The minimum Gasteiger partial charge on any atom is -0.493 e. The number of halogens is 2. The highest BCUT2D eigenvalue weighted by Crippen LogP contribution is 2.33. The van der Waals surface area contributed by atoms with E-state index in [0.717, 1.165) is 39.3 Å². The van der Waals surface area contributed by atoms with Gasteiger partial charge in [-0.25, -0.2) is 0 Å². The molecule has 0 aliphatic carbocycles. The maximum atomic E-state index is 12.7. The van der Waals surface area contributed by atoms with Crippen LogP contribution in [0.25, 0.3) is 6.08 Å². The Kier molecular flexibility index (Phi) is 8.37. The topological polar surface area (TPSA) is 60.0 Å².